The second-order valence-corrected chi connectivity index (χ2v) is 4.74. The lowest BCUT2D eigenvalue weighted by Crippen LogP contribution is -1.97. The van der Waals surface area contributed by atoms with Crippen LogP contribution in [-0.4, -0.2) is 15.3 Å². The minimum absolute atomic E-state index is 0.555. The van der Waals surface area contributed by atoms with Crippen LogP contribution in [0.15, 0.2) is 24.3 Å². The van der Waals surface area contributed by atoms with Crippen LogP contribution in [0.3, 0.4) is 0 Å². The highest BCUT2D eigenvalue weighted by Gasteiger charge is 2.04. The third-order valence-corrected chi connectivity index (χ3v) is 3.24. The molecule has 0 bridgehead atoms. The summed E-state index contributed by atoms with van der Waals surface area (Å²) < 4.78 is 0. The molecule has 0 aliphatic heterocycles. The van der Waals surface area contributed by atoms with Gasteiger partial charge in [-0.2, -0.15) is 0 Å². The molecule has 2 aromatic rings. The van der Waals surface area contributed by atoms with E-state index in [4.69, 9.17) is 11.6 Å². The summed E-state index contributed by atoms with van der Waals surface area (Å²) in [6.07, 6.45) is 3.10. The van der Waals surface area contributed by atoms with E-state index in [1.807, 2.05) is 24.3 Å². The molecular formula is C12H12BrClN2. The molecule has 0 N–H and O–H groups in total. The highest BCUT2D eigenvalue weighted by molar-refractivity contribution is 9.09. The van der Waals surface area contributed by atoms with Crippen LogP contribution in [0.5, 0.6) is 0 Å². The SMILES string of the molecule is Clc1nc(CCCCBr)nc2ccccc12. The summed E-state index contributed by atoms with van der Waals surface area (Å²) in [7, 11) is 0. The van der Waals surface area contributed by atoms with Gasteiger partial charge >= 0.3 is 0 Å². The zero-order valence-corrected chi connectivity index (χ0v) is 11.1. The van der Waals surface area contributed by atoms with E-state index in [-0.39, 0.29) is 0 Å². The number of aromatic nitrogens is 2. The van der Waals surface area contributed by atoms with E-state index in [0.717, 1.165) is 41.3 Å². The van der Waals surface area contributed by atoms with Gasteiger partial charge in [0.05, 0.1) is 5.52 Å². The number of fused-ring (bicyclic) bond motifs is 1. The molecule has 16 heavy (non-hydrogen) atoms. The van der Waals surface area contributed by atoms with E-state index in [1.54, 1.807) is 0 Å². The summed E-state index contributed by atoms with van der Waals surface area (Å²) >= 11 is 9.52. The van der Waals surface area contributed by atoms with Crippen molar-refractivity contribution in [2.75, 3.05) is 5.33 Å². The fraction of sp³-hybridized carbons (Fsp3) is 0.333. The number of hydrogen-bond donors (Lipinski definition) is 0. The largest absolute Gasteiger partial charge is 0.233 e. The Morgan fingerprint density at radius 3 is 2.75 bits per heavy atom. The van der Waals surface area contributed by atoms with Crippen LogP contribution in [0.25, 0.3) is 10.9 Å². The molecule has 0 spiro atoms. The Hall–Kier alpha value is -0.670. The van der Waals surface area contributed by atoms with Gasteiger partial charge in [-0.05, 0) is 25.0 Å². The molecule has 0 saturated carbocycles. The van der Waals surface area contributed by atoms with Crippen molar-refractivity contribution in [2.45, 2.75) is 19.3 Å². The second kappa shape index (κ2) is 5.60. The van der Waals surface area contributed by atoms with Gasteiger partial charge < -0.3 is 0 Å². The number of nitrogens with zero attached hydrogens (tertiary/aromatic N) is 2. The lowest BCUT2D eigenvalue weighted by molar-refractivity contribution is 0.765. The van der Waals surface area contributed by atoms with Crippen molar-refractivity contribution in [2.24, 2.45) is 0 Å². The molecule has 1 heterocycles. The molecule has 2 rings (SSSR count). The third-order valence-electron chi connectivity index (χ3n) is 2.39. The van der Waals surface area contributed by atoms with Crippen LogP contribution >= 0.6 is 27.5 Å². The van der Waals surface area contributed by atoms with Gasteiger partial charge in [0.2, 0.25) is 0 Å². The molecule has 0 aliphatic rings. The van der Waals surface area contributed by atoms with Gasteiger partial charge in [0.25, 0.3) is 0 Å². The molecule has 0 amide bonds. The Bertz CT molecular complexity index is 487. The van der Waals surface area contributed by atoms with E-state index in [2.05, 4.69) is 25.9 Å². The van der Waals surface area contributed by atoms with Crippen LogP contribution in [0, 0.1) is 0 Å². The highest BCUT2D eigenvalue weighted by Crippen LogP contribution is 2.20. The maximum atomic E-state index is 6.11. The Kier molecular flexibility index (Phi) is 4.13. The molecule has 0 saturated heterocycles. The van der Waals surface area contributed by atoms with Crippen molar-refractivity contribution in [1.82, 2.24) is 9.97 Å². The van der Waals surface area contributed by atoms with Crippen molar-refractivity contribution >= 4 is 38.4 Å². The first kappa shape index (κ1) is 11.8. The number of alkyl halides is 1. The van der Waals surface area contributed by atoms with Crippen molar-refractivity contribution in [3.05, 3.63) is 35.2 Å². The average molecular weight is 300 g/mol. The van der Waals surface area contributed by atoms with E-state index in [9.17, 15) is 0 Å². The molecule has 1 aromatic heterocycles. The lowest BCUT2D eigenvalue weighted by atomic mass is 10.2. The van der Waals surface area contributed by atoms with Gasteiger partial charge in [-0.3, -0.25) is 0 Å². The fourth-order valence-electron chi connectivity index (χ4n) is 1.57. The Morgan fingerprint density at radius 2 is 1.94 bits per heavy atom. The molecule has 0 fully saturated rings. The monoisotopic (exact) mass is 298 g/mol. The zero-order chi connectivity index (χ0) is 11.4. The predicted molar refractivity (Wildman–Crippen MR) is 71.3 cm³/mol. The van der Waals surface area contributed by atoms with Gasteiger partial charge in [-0.1, -0.05) is 39.7 Å². The first-order valence-corrected chi connectivity index (χ1v) is 6.78. The van der Waals surface area contributed by atoms with Crippen LogP contribution < -0.4 is 0 Å². The minimum atomic E-state index is 0.555. The van der Waals surface area contributed by atoms with Crippen LogP contribution in [0.4, 0.5) is 0 Å². The summed E-state index contributed by atoms with van der Waals surface area (Å²) in [5.41, 5.74) is 0.927. The van der Waals surface area contributed by atoms with E-state index < -0.39 is 0 Å². The standard InChI is InChI=1S/C12H12BrClN2/c13-8-4-3-7-11-15-10-6-2-1-5-9(10)12(14)16-11/h1-2,5-6H,3-4,7-8H2. The summed E-state index contributed by atoms with van der Waals surface area (Å²) in [5.74, 6) is 0.838. The summed E-state index contributed by atoms with van der Waals surface area (Å²) in [6.45, 7) is 0. The minimum Gasteiger partial charge on any atom is -0.233 e. The molecule has 2 nitrogen and oxygen atoms in total. The lowest BCUT2D eigenvalue weighted by Gasteiger charge is -2.03. The number of para-hydroxylation sites is 1. The van der Waals surface area contributed by atoms with Crippen molar-refractivity contribution in [3.63, 3.8) is 0 Å². The van der Waals surface area contributed by atoms with Crippen LogP contribution in [0.1, 0.15) is 18.7 Å². The second-order valence-electron chi connectivity index (χ2n) is 3.59. The molecule has 0 aliphatic carbocycles. The molecule has 0 radical (unpaired) electrons. The Balaban J connectivity index is 2.27. The van der Waals surface area contributed by atoms with Gasteiger partial charge in [0.15, 0.2) is 0 Å². The van der Waals surface area contributed by atoms with E-state index >= 15 is 0 Å². The van der Waals surface area contributed by atoms with E-state index in [0.29, 0.717) is 5.15 Å². The zero-order valence-electron chi connectivity index (χ0n) is 8.79. The maximum Gasteiger partial charge on any atom is 0.140 e. The van der Waals surface area contributed by atoms with Crippen molar-refractivity contribution in [3.8, 4) is 0 Å². The van der Waals surface area contributed by atoms with Crippen molar-refractivity contribution < 1.29 is 0 Å². The number of aryl methyl sites for hydroxylation is 1. The summed E-state index contributed by atoms with van der Waals surface area (Å²) in [5, 5.41) is 2.50. The van der Waals surface area contributed by atoms with Crippen molar-refractivity contribution in [1.29, 1.82) is 0 Å². The molecule has 84 valence electrons. The van der Waals surface area contributed by atoms with E-state index in [1.165, 1.54) is 0 Å². The molecule has 0 unspecified atom stereocenters. The van der Waals surface area contributed by atoms with Crippen LogP contribution in [-0.2, 0) is 6.42 Å². The number of halogens is 2. The van der Waals surface area contributed by atoms with Gasteiger partial charge in [-0.25, -0.2) is 9.97 Å². The predicted octanol–water partition coefficient (Wildman–Crippen LogP) is 4.00. The Morgan fingerprint density at radius 1 is 1.12 bits per heavy atom. The number of benzene rings is 1. The summed E-state index contributed by atoms with van der Waals surface area (Å²) in [4.78, 5) is 8.81. The fourth-order valence-corrected chi connectivity index (χ4v) is 2.23. The van der Waals surface area contributed by atoms with Gasteiger partial charge in [0, 0.05) is 17.1 Å². The number of hydrogen-bond acceptors (Lipinski definition) is 2. The highest BCUT2D eigenvalue weighted by atomic mass is 79.9. The first-order valence-electron chi connectivity index (χ1n) is 5.28. The normalized spacial score (nSPS) is 10.9. The number of rotatable bonds is 4. The Labute approximate surface area is 108 Å². The summed E-state index contributed by atoms with van der Waals surface area (Å²) in [6, 6.07) is 7.83. The van der Waals surface area contributed by atoms with Gasteiger partial charge in [-0.15, -0.1) is 0 Å². The van der Waals surface area contributed by atoms with Crippen LogP contribution in [0.2, 0.25) is 5.15 Å². The third kappa shape index (κ3) is 2.71. The maximum absolute atomic E-state index is 6.11. The van der Waals surface area contributed by atoms with Gasteiger partial charge in [0.1, 0.15) is 11.0 Å². The first-order chi connectivity index (χ1) is 7.81. The topological polar surface area (TPSA) is 25.8 Å². The smallest absolute Gasteiger partial charge is 0.140 e. The quantitative estimate of drug-likeness (QED) is 0.484. The molecular weight excluding hydrogens is 288 g/mol. The average Bonchev–Trinajstić information content (AvgIpc) is 2.30. The molecule has 4 heteroatoms. The molecule has 1 aromatic carbocycles. The number of unbranched alkanes of at least 4 members (excludes halogenated alkanes) is 1. The molecule has 0 atom stereocenters.